The number of imidazole rings is 1. The first-order chi connectivity index (χ1) is 13.2. The average molecular weight is 366 g/mol. The summed E-state index contributed by atoms with van der Waals surface area (Å²) >= 11 is 0. The predicted molar refractivity (Wildman–Crippen MR) is 102 cm³/mol. The molecule has 4 rings (SSSR count). The Morgan fingerprint density at radius 1 is 1.22 bits per heavy atom. The molecule has 1 fully saturated rings. The van der Waals surface area contributed by atoms with Crippen molar-refractivity contribution in [2.45, 2.75) is 25.4 Å². The summed E-state index contributed by atoms with van der Waals surface area (Å²) in [6.07, 6.45) is 5.84. The van der Waals surface area contributed by atoms with Gasteiger partial charge in [0.1, 0.15) is 5.65 Å². The summed E-state index contributed by atoms with van der Waals surface area (Å²) < 4.78 is 12.6. The molecule has 1 aliphatic carbocycles. The number of nitrogens with one attached hydrogen (secondary N) is 1. The van der Waals surface area contributed by atoms with Gasteiger partial charge in [-0.15, -0.1) is 0 Å². The zero-order valence-electron chi connectivity index (χ0n) is 15.4. The fourth-order valence-corrected chi connectivity index (χ4v) is 3.14. The van der Waals surface area contributed by atoms with E-state index in [1.807, 2.05) is 39.9 Å². The summed E-state index contributed by atoms with van der Waals surface area (Å²) in [7, 11) is 3.16. The molecule has 0 saturated heterocycles. The number of urea groups is 1. The van der Waals surface area contributed by atoms with Crippen LogP contribution in [0.2, 0.25) is 0 Å². The van der Waals surface area contributed by atoms with Gasteiger partial charge in [0, 0.05) is 24.0 Å². The van der Waals surface area contributed by atoms with Crippen LogP contribution in [-0.2, 0) is 6.54 Å². The number of amides is 2. The van der Waals surface area contributed by atoms with Crippen molar-refractivity contribution in [3.63, 3.8) is 0 Å². The van der Waals surface area contributed by atoms with Gasteiger partial charge in [-0.25, -0.2) is 9.78 Å². The number of carbonyl (C=O) groups excluding carboxylic acids is 1. The third-order valence-electron chi connectivity index (χ3n) is 4.71. The number of fused-ring (bicyclic) bond motifs is 1. The molecule has 0 atom stereocenters. The van der Waals surface area contributed by atoms with Crippen molar-refractivity contribution in [1.29, 1.82) is 0 Å². The van der Waals surface area contributed by atoms with Crippen molar-refractivity contribution >= 4 is 17.4 Å². The number of nitrogens with zero attached hydrogens (tertiary/aromatic N) is 3. The van der Waals surface area contributed by atoms with Crippen LogP contribution in [0.3, 0.4) is 0 Å². The molecule has 0 unspecified atom stereocenters. The molecule has 0 aliphatic heterocycles. The summed E-state index contributed by atoms with van der Waals surface area (Å²) in [5, 5.41) is 2.97. The smallest absolute Gasteiger partial charge is 0.322 e. The average Bonchev–Trinajstić information content (AvgIpc) is 3.46. The minimum absolute atomic E-state index is 0.129. The number of benzene rings is 1. The molecule has 0 radical (unpaired) electrons. The van der Waals surface area contributed by atoms with Crippen LogP contribution in [0.15, 0.2) is 48.8 Å². The Bertz CT molecular complexity index is 965. The van der Waals surface area contributed by atoms with Crippen molar-refractivity contribution in [2.75, 3.05) is 19.5 Å². The van der Waals surface area contributed by atoms with Gasteiger partial charge in [0.15, 0.2) is 11.5 Å². The number of rotatable bonds is 6. The van der Waals surface area contributed by atoms with Gasteiger partial charge in [-0.3, -0.25) is 0 Å². The van der Waals surface area contributed by atoms with Crippen LogP contribution >= 0.6 is 0 Å². The molecule has 2 aromatic heterocycles. The number of hydrogen-bond donors (Lipinski definition) is 1. The third-order valence-corrected chi connectivity index (χ3v) is 4.71. The lowest BCUT2D eigenvalue weighted by molar-refractivity contribution is 0.205. The minimum Gasteiger partial charge on any atom is -0.493 e. The van der Waals surface area contributed by atoms with Gasteiger partial charge in [0.2, 0.25) is 0 Å². The zero-order valence-corrected chi connectivity index (χ0v) is 15.4. The fraction of sp³-hybridized carbons (Fsp3) is 0.300. The van der Waals surface area contributed by atoms with Crippen LogP contribution < -0.4 is 14.8 Å². The van der Waals surface area contributed by atoms with Crippen LogP contribution in [0.4, 0.5) is 10.5 Å². The first-order valence-electron chi connectivity index (χ1n) is 8.90. The van der Waals surface area contributed by atoms with Crippen molar-refractivity contribution in [1.82, 2.24) is 14.3 Å². The Hall–Kier alpha value is -3.22. The van der Waals surface area contributed by atoms with Gasteiger partial charge in [-0.2, -0.15) is 0 Å². The first-order valence-corrected chi connectivity index (χ1v) is 8.90. The highest BCUT2D eigenvalue weighted by Crippen LogP contribution is 2.32. The monoisotopic (exact) mass is 366 g/mol. The van der Waals surface area contributed by atoms with Gasteiger partial charge in [-0.05, 0) is 37.1 Å². The third kappa shape index (κ3) is 3.53. The number of hydrogen-bond acceptors (Lipinski definition) is 4. The maximum atomic E-state index is 12.9. The van der Waals surface area contributed by atoms with Crippen molar-refractivity contribution in [2.24, 2.45) is 0 Å². The first kappa shape index (κ1) is 17.2. The van der Waals surface area contributed by atoms with Crippen molar-refractivity contribution < 1.29 is 14.3 Å². The summed E-state index contributed by atoms with van der Waals surface area (Å²) in [5.74, 6) is 1.20. The molecule has 0 bridgehead atoms. The second-order valence-corrected chi connectivity index (χ2v) is 6.54. The maximum Gasteiger partial charge on any atom is 0.322 e. The number of methoxy groups -OCH3 is 2. The van der Waals surface area contributed by atoms with Gasteiger partial charge < -0.3 is 24.1 Å². The SMILES string of the molecule is COc1ccc(NC(=O)N(Cc2cnc3ccccn23)C2CC2)cc1OC. The second-order valence-electron chi connectivity index (χ2n) is 6.54. The van der Waals surface area contributed by atoms with Crippen molar-refractivity contribution in [3.05, 3.63) is 54.5 Å². The molecule has 27 heavy (non-hydrogen) atoms. The normalized spacial score (nSPS) is 13.4. The summed E-state index contributed by atoms with van der Waals surface area (Å²) in [4.78, 5) is 19.2. The second kappa shape index (κ2) is 7.19. The molecule has 1 aliphatic rings. The molecule has 3 aromatic rings. The van der Waals surface area contributed by atoms with E-state index in [1.54, 1.807) is 32.4 Å². The standard InChI is InChI=1S/C20H22N4O3/c1-26-17-9-6-14(11-18(17)27-2)22-20(25)24(15-7-8-15)13-16-12-21-19-5-3-4-10-23(16)19/h3-6,9-12,15H,7-8,13H2,1-2H3,(H,22,25). The Kier molecular flexibility index (Phi) is 4.58. The number of carbonyl (C=O) groups is 1. The van der Waals surface area contributed by atoms with Crippen LogP contribution in [0, 0.1) is 0 Å². The number of aromatic nitrogens is 2. The summed E-state index contributed by atoms with van der Waals surface area (Å²) in [6, 6.07) is 11.3. The van der Waals surface area contributed by atoms with E-state index in [4.69, 9.17) is 9.47 Å². The summed E-state index contributed by atoms with van der Waals surface area (Å²) in [6.45, 7) is 0.509. The molecule has 0 spiro atoms. The van der Waals surface area contributed by atoms with Gasteiger partial charge in [0.25, 0.3) is 0 Å². The number of pyridine rings is 1. The summed E-state index contributed by atoms with van der Waals surface area (Å²) in [5.41, 5.74) is 2.53. The van der Waals surface area contributed by atoms with Crippen LogP contribution in [0.5, 0.6) is 11.5 Å². The van der Waals surface area contributed by atoms with Gasteiger partial charge >= 0.3 is 6.03 Å². The van der Waals surface area contributed by atoms with E-state index in [9.17, 15) is 4.79 Å². The Morgan fingerprint density at radius 2 is 2.04 bits per heavy atom. The largest absolute Gasteiger partial charge is 0.493 e. The molecule has 1 aromatic carbocycles. The molecule has 7 heteroatoms. The highest BCUT2D eigenvalue weighted by Gasteiger charge is 2.33. The van der Waals surface area contributed by atoms with E-state index >= 15 is 0 Å². The topological polar surface area (TPSA) is 68.1 Å². The lowest BCUT2D eigenvalue weighted by atomic mass is 10.2. The fourth-order valence-electron chi connectivity index (χ4n) is 3.14. The zero-order chi connectivity index (χ0) is 18.8. The van der Waals surface area contributed by atoms with Crippen molar-refractivity contribution in [3.8, 4) is 11.5 Å². The Balaban J connectivity index is 1.53. The molecule has 1 saturated carbocycles. The number of ether oxygens (including phenoxy) is 2. The molecule has 140 valence electrons. The predicted octanol–water partition coefficient (Wildman–Crippen LogP) is 3.55. The van der Waals surface area contributed by atoms with E-state index in [0.29, 0.717) is 23.7 Å². The Labute approximate surface area is 157 Å². The van der Waals surface area contributed by atoms with E-state index in [1.165, 1.54) is 0 Å². The van der Waals surface area contributed by atoms with E-state index in [2.05, 4.69) is 10.3 Å². The molecule has 2 amide bonds. The van der Waals surface area contributed by atoms with Crippen LogP contribution in [-0.4, -0.2) is 40.6 Å². The minimum atomic E-state index is -0.129. The number of anilines is 1. The highest BCUT2D eigenvalue weighted by molar-refractivity contribution is 5.90. The van der Waals surface area contributed by atoms with Crippen LogP contribution in [0.25, 0.3) is 5.65 Å². The van der Waals surface area contributed by atoms with E-state index in [-0.39, 0.29) is 12.1 Å². The lowest BCUT2D eigenvalue weighted by Crippen LogP contribution is -2.36. The van der Waals surface area contributed by atoms with Crippen LogP contribution in [0.1, 0.15) is 18.5 Å². The molecule has 2 heterocycles. The Morgan fingerprint density at radius 3 is 2.78 bits per heavy atom. The van der Waals surface area contributed by atoms with Gasteiger partial charge in [0.05, 0.1) is 32.7 Å². The quantitative estimate of drug-likeness (QED) is 0.724. The molecule has 7 nitrogen and oxygen atoms in total. The maximum absolute atomic E-state index is 12.9. The molecular weight excluding hydrogens is 344 g/mol. The van der Waals surface area contributed by atoms with E-state index in [0.717, 1.165) is 24.2 Å². The molecule has 1 N–H and O–H groups in total. The lowest BCUT2D eigenvalue weighted by Gasteiger charge is -2.23. The highest BCUT2D eigenvalue weighted by atomic mass is 16.5. The van der Waals surface area contributed by atoms with E-state index < -0.39 is 0 Å². The molecular formula is C20H22N4O3. The van der Waals surface area contributed by atoms with Gasteiger partial charge in [-0.1, -0.05) is 6.07 Å².